The van der Waals surface area contributed by atoms with Crippen molar-refractivity contribution in [2.45, 2.75) is 30.5 Å². The number of ether oxygens (including phenoxy) is 1. The van der Waals surface area contributed by atoms with Crippen molar-refractivity contribution in [3.63, 3.8) is 0 Å². The van der Waals surface area contributed by atoms with E-state index in [1.807, 2.05) is 56.3 Å². The van der Waals surface area contributed by atoms with Crippen LogP contribution in [0.3, 0.4) is 0 Å². The summed E-state index contributed by atoms with van der Waals surface area (Å²) in [6.45, 7) is 4.28. The monoisotopic (exact) mass is 400 g/mol. The predicted octanol–water partition coefficient (Wildman–Crippen LogP) is 3.15. The van der Waals surface area contributed by atoms with Crippen LogP contribution in [0.5, 0.6) is 5.75 Å². The van der Waals surface area contributed by atoms with Crippen molar-refractivity contribution >= 4 is 23.4 Å². The van der Waals surface area contributed by atoms with Crippen molar-refractivity contribution in [3.8, 4) is 11.4 Å². The third-order valence-corrected chi connectivity index (χ3v) is 5.39. The van der Waals surface area contributed by atoms with Gasteiger partial charge in [-0.25, -0.2) is 4.79 Å². The molecule has 0 spiro atoms. The van der Waals surface area contributed by atoms with E-state index < -0.39 is 10.9 Å². The Morgan fingerprint density at radius 1 is 1.18 bits per heavy atom. The molecule has 0 saturated carbocycles. The fourth-order valence-corrected chi connectivity index (χ4v) is 3.62. The highest BCUT2D eigenvalue weighted by Crippen LogP contribution is 2.27. The van der Waals surface area contributed by atoms with Crippen LogP contribution in [0.2, 0.25) is 0 Å². The van der Waals surface area contributed by atoms with Crippen LogP contribution < -0.4 is 20.4 Å². The highest BCUT2D eigenvalue weighted by Gasteiger charge is 2.30. The molecule has 8 heteroatoms. The van der Waals surface area contributed by atoms with Crippen molar-refractivity contribution in [2.75, 3.05) is 11.9 Å². The first-order valence-corrected chi connectivity index (χ1v) is 9.90. The van der Waals surface area contributed by atoms with Gasteiger partial charge in [-0.3, -0.25) is 9.32 Å². The Hall–Kier alpha value is -3.00. The van der Waals surface area contributed by atoms with Crippen molar-refractivity contribution < 1.29 is 18.7 Å². The number of hydrogen-bond donors (Lipinski definition) is 2. The summed E-state index contributed by atoms with van der Waals surface area (Å²) in [4.78, 5) is 25.0. The molecule has 1 unspecified atom stereocenters. The number of H-pyrrole nitrogens is 1. The Morgan fingerprint density at radius 3 is 2.61 bits per heavy atom. The minimum Gasteiger partial charge on any atom is -0.492 e. The molecule has 1 heterocycles. The van der Waals surface area contributed by atoms with Crippen LogP contribution in [0.1, 0.15) is 20.3 Å². The van der Waals surface area contributed by atoms with Gasteiger partial charge in [-0.05, 0) is 47.2 Å². The molecule has 0 aliphatic rings. The van der Waals surface area contributed by atoms with E-state index in [0.717, 1.165) is 17.4 Å². The number of nitrogens with zero attached hydrogens (tertiary/aromatic N) is 1. The zero-order valence-electron chi connectivity index (χ0n) is 15.7. The van der Waals surface area contributed by atoms with Gasteiger partial charge in [0.1, 0.15) is 5.75 Å². The summed E-state index contributed by atoms with van der Waals surface area (Å²) in [7, 11) is 0. The largest absolute Gasteiger partial charge is 0.492 e. The molecule has 1 aromatic heterocycles. The Morgan fingerprint density at radius 2 is 1.89 bits per heavy atom. The van der Waals surface area contributed by atoms with Crippen LogP contribution in [-0.2, 0) is 4.79 Å². The standard InChI is InChI=1S/C20H21N3O4S/c1-3-17(18(24)21-15-12-8-9-13-16(15)26-4-2)28-19-20(25)27-22-23(19)14-10-6-5-7-11-14/h5-13,17H,3-4H2,1-2H3,(H-,21,22,24,25)/p+1. The summed E-state index contributed by atoms with van der Waals surface area (Å²) in [6.07, 6.45) is 0.534. The maximum atomic E-state index is 12.8. The molecule has 2 aromatic carbocycles. The molecule has 0 bridgehead atoms. The SMILES string of the molecule is CCOc1ccccc1NC(=O)C(CC)Sc1c(=O)o[nH][n+]1-c1ccccc1. The van der Waals surface area contributed by atoms with Crippen molar-refractivity contribution in [1.29, 1.82) is 0 Å². The minimum atomic E-state index is -0.519. The molecule has 1 atom stereocenters. The molecule has 146 valence electrons. The van der Waals surface area contributed by atoms with Crippen molar-refractivity contribution in [3.05, 3.63) is 65.0 Å². The predicted molar refractivity (Wildman–Crippen MR) is 107 cm³/mol. The Labute approximate surface area is 166 Å². The van der Waals surface area contributed by atoms with Crippen molar-refractivity contribution in [1.82, 2.24) is 5.27 Å². The fraction of sp³-hybridized carbons (Fsp3) is 0.250. The first-order chi connectivity index (χ1) is 13.6. The van der Waals surface area contributed by atoms with Crippen LogP contribution in [-0.4, -0.2) is 23.0 Å². The number of nitrogens with one attached hydrogen (secondary N) is 2. The summed E-state index contributed by atoms with van der Waals surface area (Å²) in [5.74, 6) is 0.401. The molecule has 7 nitrogen and oxygen atoms in total. The molecule has 0 aliphatic carbocycles. The maximum absolute atomic E-state index is 12.8. The van der Waals surface area contributed by atoms with E-state index in [0.29, 0.717) is 29.5 Å². The number of aromatic amines is 1. The second-order valence-electron chi connectivity index (χ2n) is 5.89. The summed E-state index contributed by atoms with van der Waals surface area (Å²) in [6, 6.07) is 16.5. The van der Waals surface area contributed by atoms with Gasteiger partial charge >= 0.3 is 10.7 Å². The highest BCUT2D eigenvalue weighted by molar-refractivity contribution is 8.00. The van der Waals surface area contributed by atoms with Gasteiger partial charge in [0, 0.05) is 12.1 Å². The van der Waals surface area contributed by atoms with Gasteiger partial charge in [-0.15, -0.1) is 0 Å². The zero-order chi connectivity index (χ0) is 19.9. The highest BCUT2D eigenvalue weighted by atomic mass is 32.2. The number of benzene rings is 2. The molecular formula is C20H22N3O4S+. The zero-order valence-corrected chi connectivity index (χ0v) is 16.5. The van der Waals surface area contributed by atoms with E-state index in [2.05, 4.69) is 10.6 Å². The second-order valence-corrected chi connectivity index (χ2v) is 7.08. The number of thioether (sulfide) groups is 1. The van der Waals surface area contributed by atoms with Gasteiger partial charge in [0.25, 0.3) is 0 Å². The topological polar surface area (TPSA) is 88.2 Å². The van der Waals surface area contributed by atoms with E-state index >= 15 is 0 Å². The number of rotatable bonds is 8. The lowest BCUT2D eigenvalue weighted by molar-refractivity contribution is -0.704. The van der Waals surface area contributed by atoms with Crippen molar-refractivity contribution in [2.24, 2.45) is 0 Å². The van der Waals surface area contributed by atoms with Gasteiger partial charge in [0.15, 0.2) is 0 Å². The van der Waals surface area contributed by atoms with Gasteiger partial charge in [-0.1, -0.05) is 37.3 Å². The Balaban J connectivity index is 1.81. The number of hydrogen-bond acceptors (Lipinski definition) is 5. The smallest absolute Gasteiger partial charge is 0.442 e. The van der Waals surface area contributed by atoms with Gasteiger partial charge in [0.2, 0.25) is 11.6 Å². The third-order valence-electron chi connectivity index (χ3n) is 3.98. The van der Waals surface area contributed by atoms with E-state index in [9.17, 15) is 9.59 Å². The van der Waals surface area contributed by atoms with Gasteiger partial charge in [-0.2, -0.15) is 0 Å². The maximum Gasteiger partial charge on any atom is 0.442 e. The Kier molecular flexibility index (Phi) is 6.54. The summed E-state index contributed by atoms with van der Waals surface area (Å²) < 4.78 is 12.1. The molecule has 0 fully saturated rings. The fourth-order valence-electron chi connectivity index (χ4n) is 2.63. The van der Waals surface area contributed by atoms with Crippen LogP contribution >= 0.6 is 11.8 Å². The lowest BCUT2D eigenvalue weighted by Gasteiger charge is -2.15. The van der Waals surface area contributed by atoms with E-state index in [1.54, 1.807) is 12.1 Å². The van der Waals surface area contributed by atoms with E-state index in [-0.39, 0.29) is 5.91 Å². The van der Waals surface area contributed by atoms with Crippen LogP contribution in [0.4, 0.5) is 5.69 Å². The lowest BCUT2D eigenvalue weighted by Crippen LogP contribution is -2.37. The minimum absolute atomic E-state index is 0.208. The first kappa shape index (κ1) is 19.8. The number of carbonyl (C=O) groups is 1. The molecule has 0 radical (unpaired) electrons. The number of carbonyl (C=O) groups excluding carboxylic acids is 1. The number of amides is 1. The number of anilines is 1. The van der Waals surface area contributed by atoms with Gasteiger partial charge < -0.3 is 10.1 Å². The molecule has 2 N–H and O–H groups in total. The lowest BCUT2D eigenvalue weighted by atomic mass is 10.2. The quantitative estimate of drug-likeness (QED) is 0.448. The average Bonchev–Trinajstić information content (AvgIpc) is 3.08. The first-order valence-electron chi connectivity index (χ1n) is 9.02. The molecule has 28 heavy (non-hydrogen) atoms. The van der Waals surface area contributed by atoms with Crippen LogP contribution in [0.25, 0.3) is 5.69 Å². The summed E-state index contributed by atoms with van der Waals surface area (Å²) in [5.41, 5.74) is 0.827. The Bertz CT molecular complexity index is 984. The number of aromatic nitrogens is 2. The molecule has 0 saturated heterocycles. The molecule has 0 aliphatic heterocycles. The molecule has 3 aromatic rings. The molecular weight excluding hydrogens is 378 g/mol. The summed E-state index contributed by atoms with van der Waals surface area (Å²) >= 11 is 1.16. The number of para-hydroxylation sites is 3. The summed E-state index contributed by atoms with van der Waals surface area (Å²) in [5, 5.41) is 5.32. The van der Waals surface area contributed by atoms with E-state index in [4.69, 9.17) is 9.26 Å². The normalized spacial score (nSPS) is 11.8. The van der Waals surface area contributed by atoms with E-state index in [1.165, 1.54) is 4.68 Å². The van der Waals surface area contributed by atoms with Crippen LogP contribution in [0.15, 0.2) is 68.9 Å². The second kappa shape index (κ2) is 9.27. The third kappa shape index (κ3) is 4.45. The van der Waals surface area contributed by atoms with Gasteiger partial charge in [0.05, 0.1) is 17.5 Å². The average molecular weight is 400 g/mol. The molecule has 1 amide bonds. The molecule has 3 rings (SSSR count). The van der Waals surface area contributed by atoms with Crippen LogP contribution in [0, 0.1) is 0 Å².